The van der Waals surface area contributed by atoms with Crippen molar-refractivity contribution in [1.82, 2.24) is 0 Å². The molecule has 15 heavy (non-hydrogen) atoms. The molecule has 4 nitrogen and oxygen atoms in total. The molecular formula is C11H17N3O. The first-order valence-electron chi connectivity index (χ1n) is 4.94. The number of hydrogen-bond donors (Lipinski definition) is 2. The molecule has 4 heteroatoms. The highest BCUT2D eigenvalue weighted by Gasteiger charge is 2.09. The van der Waals surface area contributed by atoms with E-state index >= 15 is 0 Å². The summed E-state index contributed by atoms with van der Waals surface area (Å²) in [7, 11) is 0. The molecule has 0 saturated carbocycles. The van der Waals surface area contributed by atoms with Crippen LogP contribution in [0.25, 0.3) is 0 Å². The molecule has 0 aliphatic heterocycles. The first kappa shape index (κ1) is 11.4. The third kappa shape index (κ3) is 2.87. The van der Waals surface area contributed by atoms with Crippen LogP contribution in [-0.4, -0.2) is 19.0 Å². The van der Waals surface area contributed by atoms with Gasteiger partial charge in [-0.15, -0.1) is 0 Å². The largest absolute Gasteiger partial charge is 0.399 e. The van der Waals surface area contributed by atoms with E-state index in [2.05, 4.69) is 0 Å². The molecule has 1 aromatic rings. The molecular weight excluding hydrogens is 190 g/mol. The summed E-state index contributed by atoms with van der Waals surface area (Å²) in [6, 6.07) is 5.65. The average molecular weight is 207 g/mol. The van der Waals surface area contributed by atoms with E-state index < -0.39 is 0 Å². The molecule has 0 atom stereocenters. The number of nitrogens with zero attached hydrogens (tertiary/aromatic N) is 1. The van der Waals surface area contributed by atoms with Gasteiger partial charge in [-0.1, -0.05) is 6.07 Å². The lowest BCUT2D eigenvalue weighted by Gasteiger charge is -2.23. The highest BCUT2D eigenvalue weighted by Crippen LogP contribution is 2.22. The normalized spacial score (nSPS) is 10.0. The summed E-state index contributed by atoms with van der Waals surface area (Å²) >= 11 is 0. The Morgan fingerprint density at radius 2 is 2.13 bits per heavy atom. The van der Waals surface area contributed by atoms with Crippen molar-refractivity contribution in [1.29, 1.82) is 0 Å². The van der Waals surface area contributed by atoms with Crippen molar-refractivity contribution in [3.63, 3.8) is 0 Å². The van der Waals surface area contributed by atoms with Gasteiger partial charge in [0.15, 0.2) is 0 Å². The number of carbonyl (C=O) groups is 1. The zero-order valence-electron chi connectivity index (χ0n) is 9.16. The fourth-order valence-electron chi connectivity index (χ4n) is 1.52. The fourth-order valence-corrected chi connectivity index (χ4v) is 1.52. The van der Waals surface area contributed by atoms with E-state index in [1.165, 1.54) is 0 Å². The van der Waals surface area contributed by atoms with E-state index in [4.69, 9.17) is 11.5 Å². The zero-order valence-corrected chi connectivity index (χ0v) is 9.16. The van der Waals surface area contributed by atoms with Crippen molar-refractivity contribution in [2.24, 2.45) is 5.73 Å². The maximum atomic E-state index is 10.9. The average Bonchev–Trinajstić information content (AvgIpc) is 2.18. The predicted octanol–water partition coefficient (Wildman–Crippen LogP) is 0.889. The Balaban J connectivity index is 3.00. The molecule has 0 heterocycles. The molecule has 1 rings (SSSR count). The van der Waals surface area contributed by atoms with Crippen LogP contribution < -0.4 is 16.4 Å². The van der Waals surface area contributed by atoms with Crippen LogP contribution in [0.15, 0.2) is 18.2 Å². The quantitative estimate of drug-likeness (QED) is 0.720. The van der Waals surface area contributed by atoms with Crippen LogP contribution >= 0.6 is 0 Å². The van der Waals surface area contributed by atoms with E-state index in [1.807, 2.05) is 36.9 Å². The van der Waals surface area contributed by atoms with Crippen molar-refractivity contribution in [3.8, 4) is 0 Å². The number of carbonyl (C=O) groups excluding carboxylic acids is 1. The molecule has 0 aromatic heterocycles. The number of anilines is 2. The predicted molar refractivity (Wildman–Crippen MR) is 62.7 cm³/mol. The Morgan fingerprint density at radius 1 is 1.47 bits per heavy atom. The van der Waals surface area contributed by atoms with Crippen molar-refractivity contribution in [3.05, 3.63) is 23.8 Å². The number of likely N-dealkylation sites (N-methyl/N-ethyl adjacent to an activating group) is 1. The van der Waals surface area contributed by atoms with Crippen LogP contribution in [0.2, 0.25) is 0 Å². The molecule has 1 amide bonds. The summed E-state index contributed by atoms with van der Waals surface area (Å²) in [6.45, 7) is 4.91. The monoisotopic (exact) mass is 207 g/mol. The van der Waals surface area contributed by atoms with Crippen LogP contribution in [0.4, 0.5) is 11.4 Å². The van der Waals surface area contributed by atoms with Crippen LogP contribution in [0.1, 0.15) is 12.5 Å². The number of benzene rings is 1. The molecule has 0 radical (unpaired) electrons. The number of nitrogens with two attached hydrogens (primary N) is 2. The molecule has 0 aliphatic carbocycles. The van der Waals surface area contributed by atoms with Gasteiger partial charge in [-0.3, -0.25) is 4.79 Å². The standard InChI is InChI=1S/C11H17N3O/c1-3-14(7-11(13)15)10-6-9(12)5-4-8(10)2/h4-6H,3,7,12H2,1-2H3,(H2,13,15). The summed E-state index contributed by atoms with van der Waals surface area (Å²) in [4.78, 5) is 12.8. The third-order valence-electron chi connectivity index (χ3n) is 2.30. The summed E-state index contributed by atoms with van der Waals surface area (Å²) in [6.07, 6.45) is 0. The van der Waals surface area contributed by atoms with Gasteiger partial charge in [-0.2, -0.15) is 0 Å². The van der Waals surface area contributed by atoms with Gasteiger partial charge in [0, 0.05) is 17.9 Å². The zero-order chi connectivity index (χ0) is 11.4. The van der Waals surface area contributed by atoms with Gasteiger partial charge in [-0.25, -0.2) is 0 Å². The first-order chi connectivity index (χ1) is 7.04. The van der Waals surface area contributed by atoms with E-state index in [0.29, 0.717) is 5.69 Å². The Morgan fingerprint density at radius 3 is 2.67 bits per heavy atom. The Hall–Kier alpha value is -1.71. The lowest BCUT2D eigenvalue weighted by Crippen LogP contribution is -2.34. The SMILES string of the molecule is CCN(CC(N)=O)c1cc(N)ccc1C. The Bertz CT molecular complexity index is 363. The third-order valence-corrected chi connectivity index (χ3v) is 2.30. The fraction of sp³-hybridized carbons (Fsp3) is 0.364. The van der Waals surface area contributed by atoms with Gasteiger partial charge in [-0.05, 0) is 31.5 Å². The highest BCUT2D eigenvalue weighted by molar-refractivity contribution is 5.80. The van der Waals surface area contributed by atoms with Gasteiger partial charge in [0.25, 0.3) is 0 Å². The van der Waals surface area contributed by atoms with Crippen LogP contribution in [-0.2, 0) is 4.79 Å². The maximum absolute atomic E-state index is 10.9. The molecule has 4 N–H and O–H groups in total. The van der Waals surface area contributed by atoms with Gasteiger partial charge < -0.3 is 16.4 Å². The molecule has 0 unspecified atom stereocenters. The minimum absolute atomic E-state index is 0.223. The molecule has 0 fully saturated rings. The molecule has 1 aromatic carbocycles. The van der Waals surface area contributed by atoms with Crippen molar-refractivity contribution in [2.45, 2.75) is 13.8 Å². The highest BCUT2D eigenvalue weighted by atomic mass is 16.1. The van der Waals surface area contributed by atoms with E-state index in [9.17, 15) is 4.79 Å². The summed E-state index contributed by atoms with van der Waals surface area (Å²) < 4.78 is 0. The van der Waals surface area contributed by atoms with Gasteiger partial charge in [0.1, 0.15) is 0 Å². The van der Waals surface area contributed by atoms with Crippen LogP contribution in [0.3, 0.4) is 0 Å². The summed E-state index contributed by atoms with van der Waals surface area (Å²) in [5.74, 6) is -0.335. The molecule has 0 bridgehead atoms. The Kier molecular flexibility index (Phi) is 3.55. The van der Waals surface area contributed by atoms with Crippen molar-refractivity contribution >= 4 is 17.3 Å². The van der Waals surface area contributed by atoms with Gasteiger partial charge in [0.05, 0.1) is 6.54 Å². The lowest BCUT2D eigenvalue weighted by molar-refractivity contribution is -0.116. The number of nitrogen functional groups attached to an aromatic ring is 1. The maximum Gasteiger partial charge on any atom is 0.236 e. The number of aryl methyl sites for hydroxylation is 1. The number of rotatable bonds is 4. The smallest absolute Gasteiger partial charge is 0.236 e. The van der Waals surface area contributed by atoms with E-state index in [-0.39, 0.29) is 12.5 Å². The summed E-state index contributed by atoms with van der Waals surface area (Å²) in [5.41, 5.74) is 13.6. The minimum Gasteiger partial charge on any atom is -0.399 e. The molecule has 0 aliphatic rings. The second kappa shape index (κ2) is 4.68. The van der Waals surface area contributed by atoms with Gasteiger partial charge >= 0.3 is 0 Å². The van der Waals surface area contributed by atoms with Crippen molar-refractivity contribution < 1.29 is 4.79 Å². The summed E-state index contributed by atoms with van der Waals surface area (Å²) in [5, 5.41) is 0. The second-order valence-corrected chi connectivity index (χ2v) is 3.53. The van der Waals surface area contributed by atoms with Gasteiger partial charge in [0.2, 0.25) is 5.91 Å². The second-order valence-electron chi connectivity index (χ2n) is 3.53. The number of primary amides is 1. The van der Waals surface area contributed by atoms with Crippen LogP contribution in [0, 0.1) is 6.92 Å². The first-order valence-corrected chi connectivity index (χ1v) is 4.94. The number of hydrogen-bond acceptors (Lipinski definition) is 3. The van der Waals surface area contributed by atoms with E-state index in [0.717, 1.165) is 17.8 Å². The van der Waals surface area contributed by atoms with Crippen molar-refractivity contribution in [2.75, 3.05) is 23.7 Å². The molecule has 0 saturated heterocycles. The number of amides is 1. The Labute approximate surface area is 89.9 Å². The topological polar surface area (TPSA) is 72.3 Å². The lowest BCUT2D eigenvalue weighted by atomic mass is 10.1. The van der Waals surface area contributed by atoms with E-state index in [1.54, 1.807) is 0 Å². The molecule has 0 spiro atoms. The van der Waals surface area contributed by atoms with Crippen LogP contribution in [0.5, 0.6) is 0 Å². The molecule has 82 valence electrons. The minimum atomic E-state index is -0.335.